The molecule has 0 saturated carbocycles. The highest BCUT2D eigenvalue weighted by molar-refractivity contribution is 7.91. The Morgan fingerprint density at radius 2 is 1.52 bits per heavy atom. The van der Waals surface area contributed by atoms with Crippen LogP contribution in [0.25, 0.3) is 0 Å². The van der Waals surface area contributed by atoms with Gasteiger partial charge in [0.15, 0.2) is 0 Å². The Hall–Kier alpha value is -1.93. The lowest BCUT2D eigenvalue weighted by Gasteiger charge is -2.32. The largest absolute Gasteiger partial charge is 0.301 e. The topological polar surface area (TPSA) is 130 Å². The molecular weight excluding hydrogens is 414 g/mol. The highest BCUT2D eigenvalue weighted by Gasteiger charge is 2.35. The molecule has 0 atom stereocenters. The molecule has 1 aromatic carbocycles. The molecular formula is C14H17N5O5S3. The van der Waals surface area contributed by atoms with Crippen molar-refractivity contribution < 1.29 is 21.6 Å². The van der Waals surface area contributed by atoms with Crippen molar-refractivity contribution in [1.82, 2.24) is 18.8 Å². The van der Waals surface area contributed by atoms with Crippen LogP contribution in [0.4, 0.5) is 5.13 Å². The summed E-state index contributed by atoms with van der Waals surface area (Å²) < 4.78 is 52.8. The fourth-order valence-corrected chi connectivity index (χ4v) is 6.47. The van der Waals surface area contributed by atoms with E-state index in [2.05, 4.69) is 15.5 Å². The highest BCUT2D eigenvalue weighted by Crippen LogP contribution is 2.25. The minimum Gasteiger partial charge on any atom is -0.301 e. The van der Waals surface area contributed by atoms with Crippen LogP contribution in [-0.4, -0.2) is 67.7 Å². The molecule has 0 aliphatic carbocycles. The molecule has 146 valence electrons. The van der Waals surface area contributed by atoms with E-state index in [-0.39, 0.29) is 46.5 Å². The number of piperazine rings is 1. The van der Waals surface area contributed by atoms with Gasteiger partial charge in [0.25, 0.3) is 10.0 Å². The second-order valence-corrected chi connectivity index (χ2v) is 10.7. The minimum atomic E-state index is -3.91. The maximum absolute atomic E-state index is 12.7. The highest BCUT2D eigenvalue weighted by atomic mass is 32.2. The molecule has 1 fully saturated rings. The average Bonchev–Trinajstić information content (AvgIpc) is 3.11. The number of nitrogens with zero attached hydrogens (tertiary/aromatic N) is 4. The zero-order valence-electron chi connectivity index (χ0n) is 14.3. The SMILES string of the molecule is CC(=O)Nc1nnc(S(=O)(=O)N2CCN(S(=O)(=O)c3ccccc3)CC2)s1. The molecule has 27 heavy (non-hydrogen) atoms. The molecule has 1 amide bonds. The second-order valence-electron chi connectivity index (χ2n) is 5.68. The average molecular weight is 432 g/mol. The van der Waals surface area contributed by atoms with Gasteiger partial charge >= 0.3 is 0 Å². The molecule has 0 spiro atoms. The number of rotatable bonds is 5. The Morgan fingerprint density at radius 1 is 0.963 bits per heavy atom. The summed E-state index contributed by atoms with van der Waals surface area (Å²) in [5, 5.41) is 9.73. The summed E-state index contributed by atoms with van der Waals surface area (Å²) >= 11 is 0.749. The van der Waals surface area contributed by atoms with E-state index in [1.807, 2.05) is 0 Å². The van der Waals surface area contributed by atoms with Crippen molar-refractivity contribution in [3.05, 3.63) is 30.3 Å². The first-order valence-electron chi connectivity index (χ1n) is 7.88. The van der Waals surface area contributed by atoms with Gasteiger partial charge in [0.2, 0.25) is 25.4 Å². The first kappa shape index (κ1) is 19.8. The van der Waals surface area contributed by atoms with Crippen LogP contribution < -0.4 is 5.32 Å². The van der Waals surface area contributed by atoms with Crippen molar-refractivity contribution in [1.29, 1.82) is 0 Å². The van der Waals surface area contributed by atoms with Gasteiger partial charge in [-0.2, -0.15) is 8.61 Å². The maximum Gasteiger partial charge on any atom is 0.272 e. The summed E-state index contributed by atoms with van der Waals surface area (Å²) in [6.07, 6.45) is 0. The summed E-state index contributed by atoms with van der Waals surface area (Å²) in [4.78, 5) is 11.2. The van der Waals surface area contributed by atoms with Crippen molar-refractivity contribution in [2.24, 2.45) is 0 Å². The van der Waals surface area contributed by atoms with E-state index in [0.29, 0.717) is 0 Å². The number of amides is 1. The van der Waals surface area contributed by atoms with Crippen molar-refractivity contribution >= 4 is 42.4 Å². The predicted molar refractivity (Wildman–Crippen MR) is 98.2 cm³/mol. The molecule has 0 bridgehead atoms. The summed E-state index contributed by atoms with van der Waals surface area (Å²) in [5.41, 5.74) is 0. The van der Waals surface area contributed by atoms with Gasteiger partial charge in [0, 0.05) is 33.1 Å². The molecule has 13 heteroatoms. The van der Waals surface area contributed by atoms with Gasteiger partial charge in [-0.1, -0.05) is 29.5 Å². The van der Waals surface area contributed by atoms with Crippen LogP contribution in [0.15, 0.2) is 39.6 Å². The van der Waals surface area contributed by atoms with Gasteiger partial charge < -0.3 is 5.32 Å². The lowest BCUT2D eigenvalue weighted by molar-refractivity contribution is -0.114. The maximum atomic E-state index is 12.7. The van der Waals surface area contributed by atoms with Gasteiger partial charge in [-0.3, -0.25) is 4.79 Å². The third-order valence-electron chi connectivity index (χ3n) is 3.83. The van der Waals surface area contributed by atoms with Crippen LogP contribution in [-0.2, 0) is 24.8 Å². The third kappa shape index (κ3) is 4.16. The molecule has 1 aliphatic rings. The van der Waals surface area contributed by atoms with Crippen LogP contribution >= 0.6 is 11.3 Å². The number of carbonyl (C=O) groups excluding carboxylic acids is 1. The van der Waals surface area contributed by atoms with Crippen molar-refractivity contribution in [2.75, 3.05) is 31.5 Å². The molecule has 3 rings (SSSR count). The van der Waals surface area contributed by atoms with E-state index in [0.717, 1.165) is 11.3 Å². The number of carbonyl (C=O) groups is 1. The number of anilines is 1. The minimum absolute atomic E-state index is 0.00342. The Bertz CT molecular complexity index is 1030. The number of nitrogens with one attached hydrogen (secondary N) is 1. The molecule has 1 saturated heterocycles. The monoisotopic (exact) mass is 431 g/mol. The Kier molecular flexibility index (Phi) is 5.58. The summed E-state index contributed by atoms with van der Waals surface area (Å²) in [6, 6.07) is 8.00. The van der Waals surface area contributed by atoms with E-state index in [1.165, 1.54) is 27.7 Å². The molecule has 2 heterocycles. The summed E-state index contributed by atoms with van der Waals surface area (Å²) in [6.45, 7) is 1.36. The van der Waals surface area contributed by atoms with Gasteiger partial charge in [0.05, 0.1) is 4.90 Å². The second kappa shape index (κ2) is 7.59. The molecule has 0 radical (unpaired) electrons. The summed E-state index contributed by atoms with van der Waals surface area (Å²) in [5.74, 6) is -0.380. The first-order valence-corrected chi connectivity index (χ1v) is 11.6. The molecule has 1 N–H and O–H groups in total. The fourth-order valence-electron chi connectivity index (χ4n) is 2.52. The standard InChI is InChI=1S/C14H17N5O5S3/c1-11(20)15-13-16-17-14(25-13)27(23,24)19-9-7-18(8-10-19)26(21,22)12-5-3-2-4-6-12/h2-6H,7-10H2,1H3,(H,15,16,20). The molecule has 1 aromatic heterocycles. The zero-order chi connectivity index (χ0) is 19.7. The van der Waals surface area contributed by atoms with Crippen LogP contribution in [0.2, 0.25) is 0 Å². The van der Waals surface area contributed by atoms with Crippen molar-refractivity contribution in [3.63, 3.8) is 0 Å². The van der Waals surface area contributed by atoms with Gasteiger partial charge in [0.1, 0.15) is 0 Å². The van der Waals surface area contributed by atoms with Gasteiger partial charge in [-0.25, -0.2) is 16.8 Å². The number of benzene rings is 1. The smallest absolute Gasteiger partial charge is 0.272 e. The Morgan fingerprint density at radius 3 is 2.07 bits per heavy atom. The number of hydrogen-bond donors (Lipinski definition) is 1. The van der Waals surface area contributed by atoms with Crippen LogP contribution in [0.3, 0.4) is 0 Å². The lowest BCUT2D eigenvalue weighted by Crippen LogP contribution is -2.50. The van der Waals surface area contributed by atoms with Crippen molar-refractivity contribution in [3.8, 4) is 0 Å². The van der Waals surface area contributed by atoms with E-state index < -0.39 is 20.0 Å². The Balaban J connectivity index is 1.71. The molecule has 10 nitrogen and oxygen atoms in total. The number of aromatic nitrogens is 2. The molecule has 1 aliphatic heterocycles. The molecule has 0 unspecified atom stereocenters. The lowest BCUT2D eigenvalue weighted by atomic mass is 10.4. The Labute approximate surface area is 160 Å². The van der Waals surface area contributed by atoms with E-state index >= 15 is 0 Å². The fraction of sp³-hybridized carbons (Fsp3) is 0.357. The predicted octanol–water partition coefficient (Wildman–Crippen LogP) is 0.192. The van der Waals surface area contributed by atoms with Gasteiger partial charge in [-0.15, -0.1) is 10.2 Å². The van der Waals surface area contributed by atoms with Crippen LogP contribution in [0.1, 0.15) is 6.92 Å². The third-order valence-corrected chi connectivity index (χ3v) is 8.82. The van der Waals surface area contributed by atoms with Crippen LogP contribution in [0.5, 0.6) is 0 Å². The van der Waals surface area contributed by atoms with Crippen LogP contribution in [0, 0.1) is 0 Å². The van der Waals surface area contributed by atoms with E-state index in [9.17, 15) is 21.6 Å². The van der Waals surface area contributed by atoms with Crippen molar-refractivity contribution in [2.45, 2.75) is 16.2 Å². The number of sulfonamides is 2. The normalized spacial score (nSPS) is 16.9. The number of hydrogen-bond acceptors (Lipinski definition) is 8. The summed E-state index contributed by atoms with van der Waals surface area (Å²) in [7, 11) is -7.57. The first-order chi connectivity index (χ1) is 12.7. The van der Waals surface area contributed by atoms with Gasteiger partial charge in [-0.05, 0) is 12.1 Å². The quantitative estimate of drug-likeness (QED) is 0.669. The van der Waals surface area contributed by atoms with E-state index in [4.69, 9.17) is 0 Å². The zero-order valence-corrected chi connectivity index (χ0v) is 16.7. The van der Waals surface area contributed by atoms with E-state index in [1.54, 1.807) is 18.2 Å². The molecule has 2 aromatic rings.